The summed E-state index contributed by atoms with van der Waals surface area (Å²) in [7, 11) is 1.84. The van der Waals surface area contributed by atoms with Gasteiger partial charge in [0.1, 0.15) is 11.6 Å². The maximum atomic E-state index is 12.3. The Morgan fingerprint density at radius 1 is 1.28 bits per heavy atom. The Hall–Kier alpha value is -1.45. The summed E-state index contributed by atoms with van der Waals surface area (Å²) < 4.78 is 1.70. The molecule has 4 nitrogen and oxygen atoms in total. The van der Waals surface area contributed by atoms with E-state index in [-0.39, 0.29) is 29.3 Å². The van der Waals surface area contributed by atoms with E-state index in [1.54, 1.807) is 11.6 Å². The number of hydrogen-bond acceptors (Lipinski definition) is 3. The van der Waals surface area contributed by atoms with Crippen LogP contribution in [0.25, 0.3) is 0 Å². The highest BCUT2D eigenvalue weighted by Gasteiger charge is 2.25. The van der Waals surface area contributed by atoms with Gasteiger partial charge in [-0.2, -0.15) is 5.10 Å². The fourth-order valence-electron chi connectivity index (χ4n) is 2.05. The highest BCUT2D eigenvalue weighted by molar-refractivity contribution is 5.87. The van der Waals surface area contributed by atoms with Gasteiger partial charge < -0.3 is 0 Å². The van der Waals surface area contributed by atoms with Crippen LogP contribution in [0.3, 0.4) is 0 Å². The molecule has 0 saturated heterocycles. The Labute approximate surface area is 108 Å². The predicted octanol–water partition coefficient (Wildman–Crippen LogP) is 2.34. The molecule has 0 spiro atoms. The first kappa shape index (κ1) is 14.6. The minimum atomic E-state index is -0.208. The molecule has 0 saturated carbocycles. The maximum absolute atomic E-state index is 12.3. The number of nitrogens with zero attached hydrogens (tertiary/aromatic N) is 2. The van der Waals surface area contributed by atoms with Crippen molar-refractivity contribution in [1.82, 2.24) is 9.78 Å². The Bertz CT molecular complexity index is 437. The monoisotopic (exact) mass is 250 g/mol. The minimum Gasteiger partial charge on any atom is -0.300 e. The van der Waals surface area contributed by atoms with Crippen LogP contribution in [0.2, 0.25) is 0 Å². The van der Waals surface area contributed by atoms with E-state index in [1.807, 2.05) is 40.1 Å². The first-order valence-corrected chi connectivity index (χ1v) is 6.36. The van der Waals surface area contributed by atoms with Crippen LogP contribution in [0, 0.1) is 11.8 Å². The van der Waals surface area contributed by atoms with Gasteiger partial charge in [0.25, 0.3) is 0 Å². The average Bonchev–Trinajstić information content (AvgIpc) is 2.73. The van der Waals surface area contributed by atoms with E-state index in [2.05, 4.69) is 5.10 Å². The highest BCUT2D eigenvalue weighted by Crippen LogP contribution is 2.22. The van der Waals surface area contributed by atoms with Crippen molar-refractivity contribution in [1.29, 1.82) is 0 Å². The Kier molecular flexibility index (Phi) is 4.82. The summed E-state index contributed by atoms with van der Waals surface area (Å²) in [6, 6.07) is 1.86. The van der Waals surface area contributed by atoms with Gasteiger partial charge in [0.15, 0.2) is 0 Å². The zero-order chi connectivity index (χ0) is 13.9. The van der Waals surface area contributed by atoms with Gasteiger partial charge in [-0.05, 0) is 26.3 Å². The van der Waals surface area contributed by atoms with Crippen molar-refractivity contribution in [3.05, 3.63) is 18.0 Å². The molecule has 0 N–H and O–H groups in total. The van der Waals surface area contributed by atoms with Crippen molar-refractivity contribution in [2.75, 3.05) is 0 Å². The number of aromatic nitrogens is 2. The molecule has 100 valence electrons. The summed E-state index contributed by atoms with van der Waals surface area (Å²) in [5, 5.41) is 4.26. The quantitative estimate of drug-likeness (QED) is 0.778. The summed E-state index contributed by atoms with van der Waals surface area (Å²) in [6.45, 7) is 7.21. The summed E-state index contributed by atoms with van der Waals surface area (Å²) in [5.41, 5.74) is 0.796. The molecule has 0 radical (unpaired) electrons. The van der Waals surface area contributed by atoms with Gasteiger partial charge in [-0.3, -0.25) is 14.3 Å². The van der Waals surface area contributed by atoms with Crippen molar-refractivity contribution in [3.8, 4) is 0 Å². The lowest BCUT2D eigenvalue weighted by atomic mass is 9.86. The molecule has 1 aromatic rings. The smallest absolute Gasteiger partial charge is 0.144 e. The number of rotatable bonds is 6. The number of ketones is 2. The molecule has 0 aliphatic rings. The molecule has 1 rings (SSSR count). The Morgan fingerprint density at radius 2 is 1.89 bits per heavy atom. The second-order valence-corrected chi connectivity index (χ2v) is 5.19. The van der Waals surface area contributed by atoms with Crippen LogP contribution in [-0.4, -0.2) is 21.3 Å². The van der Waals surface area contributed by atoms with Crippen molar-refractivity contribution >= 4 is 11.6 Å². The van der Waals surface area contributed by atoms with Crippen molar-refractivity contribution in [3.63, 3.8) is 0 Å². The number of carbonyl (C=O) groups is 2. The van der Waals surface area contributed by atoms with Crippen LogP contribution in [-0.2, 0) is 16.6 Å². The molecule has 18 heavy (non-hydrogen) atoms. The number of aryl methyl sites for hydroxylation is 1. The molecular weight excluding hydrogens is 228 g/mol. The van der Waals surface area contributed by atoms with Crippen LogP contribution in [0.15, 0.2) is 12.3 Å². The fraction of sp³-hybridized carbons (Fsp3) is 0.643. The second kappa shape index (κ2) is 5.94. The molecular formula is C14H22N2O2. The summed E-state index contributed by atoms with van der Waals surface area (Å²) in [4.78, 5) is 23.5. The van der Waals surface area contributed by atoms with Crippen LogP contribution < -0.4 is 0 Å². The van der Waals surface area contributed by atoms with E-state index in [9.17, 15) is 9.59 Å². The first-order valence-electron chi connectivity index (χ1n) is 6.36. The SMILES string of the molecule is CC(=O)C(C)CC(C)C(=O)C(C)c1ccn(C)n1. The molecule has 0 aromatic carbocycles. The van der Waals surface area contributed by atoms with Gasteiger partial charge in [0, 0.05) is 25.1 Å². The Morgan fingerprint density at radius 3 is 2.33 bits per heavy atom. The number of hydrogen-bond donors (Lipinski definition) is 0. The van der Waals surface area contributed by atoms with Gasteiger partial charge in [-0.15, -0.1) is 0 Å². The molecule has 4 heteroatoms. The van der Waals surface area contributed by atoms with Crippen LogP contribution in [0.4, 0.5) is 0 Å². The van der Waals surface area contributed by atoms with E-state index in [4.69, 9.17) is 0 Å². The molecule has 1 aromatic heterocycles. The average molecular weight is 250 g/mol. The predicted molar refractivity (Wildman–Crippen MR) is 70.3 cm³/mol. The standard InChI is InChI=1S/C14H22N2O2/c1-9(12(4)17)8-10(2)14(18)11(3)13-6-7-16(5)15-13/h6-7,9-11H,8H2,1-5H3. The number of carbonyl (C=O) groups excluding carboxylic acids is 2. The second-order valence-electron chi connectivity index (χ2n) is 5.19. The van der Waals surface area contributed by atoms with E-state index in [0.29, 0.717) is 6.42 Å². The largest absolute Gasteiger partial charge is 0.300 e. The topological polar surface area (TPSA) is 52.0 Å². The van der Waals surface area contributed by atoms with E-state index in [0.717, 1.165) is 5.69 Å². The van der Waals surface area contributed by atoms with E-state index < -0.39 is 0 Å². The first-order chi connectivity index (χ1) is 8.32. The van der Waals surface area contributed by atoms with Crippen LogP contribution in [0.5, 0.6) is 0 Å². The summed E-state index contributed by atoms with van der Waals surface area (Å²) in [5.74, 6) is -0.0805. The van der Waals surface area contributed by atoms with Crippen molar-refractivity contribution < 1.29 is 9.59 Å². The molecule has 3 unspecified atom stereocenters. The molecule has 0 bridgehead atoms. The minimum absolute atomic E-state index is 0.0557. The molecule has 0 aliphatic heterocycles. The van der Waals surface area contributed by atoms with Gasteiger partial charge in [0.05, 0.1) is 11.6 Å². The zero-order valence-electron chi connectivity index (χ0n) is 11.8. The van der Waals surface area contributed by atoms with Gasteiger partial charge in [0.2, 0.25) is 0 Å². The molecule has 1 heterocycles. The highest BCUT2D eigenvalue weighted by atomic mass is 16.1. The lowest BCUT2D eigenvalue weighted by Gasteiger charge is -2.17. The molecule has 0 fully saturated rings. The Balaban J connectivity index is 2.66. The van der Waals surface area contributed by atoms with Crippen LogP contribution >= 0.6 is 0 Å². The number of Topliss-reactive ketones (excluding diaryl/α,β-unsaturated/α-hetero) is 2. The third-order valence-electron chi connectivity index (χ3n) is 3.49. The summed E-state index contributed by atoms with van der Waals surface area (Å²) in [6.07, 6.45) is 2.45. The summed E-state index contributed by atoms with van der Waals surface area (Å²) >= 11 is 0. The van der Waals surface area contributed by atoms with Gasteiger partial charge >= 0.3 is 0 Å². The normalized spacial score (nSPS) is 16.1. The van der Waals surface area contributed by atoms with Crippen molar-refractivity contribution in [2.45, 2.75) is 40.0 Å². The molecule has 3 atom stereocenters. The zero-order valence-corrected chi connectivity index (χ0v) is 11.8. The van der Waals surface area contributed by atoms with E-state index in [1.165, 1.54) is 0 Å². The maximum Gasteiger partial charge on any atom is 0.144 e. The van der Waals surface area contributed by atoms with Crippen molar-refractivity contribution in [2.24, 2.45) is 18.9 Å². The van der Waals surface area contributed by atoms with Gasteiger partial charge in [-0.25, -0.2) is 0 Å². The fourth-order valence-corrected chi connectivity index (χ4v) is 2.05. The molecule has 0 amide bonds. The van der Waals surface area contributed by atoms with E-state index >= 15 is 0 Å². The van der Waals surface area contributed by atoms with Crippen LogP contribution in [0.1, 0.15) is 45.7 Å². The lowest BCUT2D eigenvalue weighted by molar-refractivity contribution is -0.125. The molecule has 0 aliphatic carbocycles. The van der Waals surface area contributed by atoms with Gasteiger partial charge in [-0.1, -0.05) is 13.8 Å². The third kappa shape index (κ3) is 3.52. The lowest BCUT2D eigenvalue weighted by Crippen LogP contribution is -2.22. The third-order valence-corrected chi connectivity index (χ3v) is 3.49.